The molecule has 4 rings (SSSR count). The molecular formula is C22H27FN4O2. The summed E-state index contributed by atoms with van der Waals surface area (Å²) in [6.07, 6.45) is 7.77. The van der Waals surface area contributed by atoms with E-state index in [9.17, 15) is 14.0 Å². The van der Waals surface area contributed by atoms with Crippen LogP contribution in [0.5, 0.6) is 0 Å². The molecule has 0 atom stereocenters. The zero-order chi connectivity index (χ0) is 20.2. The molecule has 1 amide bonds. The molecule has 0 saturated carbocycles. The van der Waals surface area contributed by atoms with Crippen molar-refractivity contribution in [2.45, 2.75) is 38.6 Å². The molecule has 1 fully saturated rings. The van der Waals surface area contributed by atoms with E-state index in [1.165, 1.54) is 42.4 Å². The van der Waals surface area contributed by atoms with Crippen LogP contribution in [0.4, 0.5) is 4.39 Å². The van der Waals surface area contributed by atoms with Crippen molar-refractivity contribution in [2.24, 2.45) is 0 Å². The van der Waals surface area contributed by atoms with Gasteiger partial charge in [-0.2, -0.15) is 0 Å². The number of carbonyl (C=O) groups excluding carboxylic acids is 1. The van der Waals surface area contributed by atoms with Crippen LogP contribution in [0, 0.1) is 5.82 Å². The second-order valence-electron chi connectivity index (χ2n) is 7.75. The number of halogens is 1. The number of fused-ring (bicyclic) bond motifs is 3. The highest BCUT2D eigenvalue weighted by molar-refractivity contribution is 5.82. The fraction of sp³-hybridized carbons (Fsp3) is 0.455. The first-order chi connectivity index (χ1) is 14.1. The van der Waals surface area contributed by atoms with E-state index in [4.69, 9.17) is 0 Å². The summed E-state index contributed by atoms with van der Waals surface area (Å²) in [5, 5.41) is 2.91. The minimum atomic E-state index is -0.435. The molecule has 3 heterocycles. The van der Waals surface area contributed by atoms with E-state index in [1.54, 1.807) is 28.8 Å². The van der Waals surface area contributed by atoms with E-state index < -0.39 is 5.82 Å². The van der Waals surface area contributed by atoms with E-state index in [1.807, 2.05) is 0 Å². The van der Waals surface area contributed by atoms with Gasteiger partial charge in [-0.3, -0.25) is 14.2 Å². The van der Waals surface area contributed by atoms with Crippen LogP contribution in [0.25, 0.3) is 16.6 Å². The first-order valence-electron chi connectivity index (χ1n) is 10.4. The van der Waals surface area contributed by atoms with Gasteiger partial charge in [-0.05, 0) is 69.2 Å². The Hall–Kier alpha value is -2.67. The van der Waals surface area contributed by atoms with Gasteiger partial charge >= 0.3 is 0 Å². The smallest absolute Gasteiger partial charge is 0.275 e. The van der Waals surface area contributed by atoms with Gasteiger partial charge in [-0.25, -0.2) is 4.39 Å². The van der Waals surface area contributed by atoms with Gasteiger partial charge in [0, 0.05) is 12.7 Å². The molecule has 0 unspecified atom stereocenters. The fourth-order valence-electron chi connectivity index (χ4n) is 4.18. The van der Waals surface area contributed by atoms with Gasteiger partial charge in [0.1, 0.15) is 17.9 Å². The molecule has 154 valence electrons. The Labute approximate surface area is 168 Å². The van der Waals surface area contributed by atoms with Gasteiger partial charge in [-0.1, -0.05) is 12.8 Å². The molecule has 1 aliphatic rings. The van der Waals surface area contributed by atoms with Crippen LogP contribution < -0.4 is 10.9 Å². The molecule has 0 bridgehead atoms. The van der Waals surface area contributed by atoms with Gasteiger partial charge in [0.05, 0.1) is 11.0 Å². The predicted octanol–water partition coefficient (Wildman–Crippen LogP) is 2.78. The number of nitrogens with one attached hydrogen (secondary N) is 1. The maximum Gasteiger partial charge on any atom is 0.275 e. The van der Waals surface area contributed by atoms with Gasteiger partial charge < -0.3 is 14.6 Å². The van der Waals surface area contributed by atoms with Crippen molar-refractivity contribution in [1.29, 1.82) is 0 Å². The Morgan fingerprint density at radius 1 is 1.03 bits per heavy atom. The molecule has 0 aliphatic carbocycles. The van der Waals surface area contributed by atoms with Gasteiger partial charge in [0.15, 0.2) is 0 Å². The summed E-state index contributed by atoms with van der Waals surface area (Å²) in [4.78, 5) is 27.8. The van der Waals surface area contributed by atoms with Gasteiger partial charge in [0.25, 0.3) is 5.56 Å². The number of amides is 1. The average molecular weight is 398 g/mol. The van der Waals surface area contributed by atoms with Gasteiger partial charge in [-0.15, -0.1) is 0 Å². The molecule has 6 nitrogen and oxygen atoms in total. The second-order valence-corrected chi connectivity index (χ2v) is 7.75. The van der Waals surface area contributed by atoms with E-state index in [0.29, 0.717) is 23.1 Å². The molecule has 1 saturated heterocycles. The predicted molar refractivity (Wildman–Crippen MR) is 112 cm³/mol. The molecule has 3 aromatic rings. The quantitative estimate of drug-likeness (QED) is 0.650. The van der Waals surface area contributed by atoms with Crippen LogP contribution in [0.3, 0.4) is 0 Å². The highest BCUT2D eigenvalue weighted by Crippen LogP contribution is 2.16. The van der Waals surface area contributed by atoms with Crippen molar-refractivity contribution < 1.29 is 9.18 Å². The lowest BCUT2D eigenvalue weighted by Gasteiger charge is -2.19. The summed E-state index contributed by atoms with van der Waals surface area (Å²) in [7, 11) is 0. The number of nitrogens with zero attached hydrogens (tertiary/aromatic N) is 3. The zero-order valence-corrected chi connectivity index (χ0v) is 16.6. The van der Waals surface area contributed by atoms with Gasteiger partial charge in [0.2, 0.25) is 5.91 Å². The third-order valence-corrected chi connectivity index (χ3v) is 5.67. The number of rotatable bonds is 6. The van der Waals surface area contributed by atoms with Crippen LogP contribution >= 0.6 is 0 Å². The van der Waals surface area contributed by atoms with Crippen LogP contribution in [0.15, 0.2) is 41.3 Å². The van der Waals surface area contributed by atoms with Crippen LogP contribution in [-0.4, -0.2) is 46.0 Å². The Kier molecular flexibility index (Phi) is 5.94. The molecule has 2 aromatic heterocycles. The highest BCUT2D eigenvalue weighted by atomic mass is 19.1. The van der Waals surface area contributed by atoms with Crippen molar-refractivity contribution in [3.8, 4) is 0 Å². The fourth-order valence-corrected chi connectivity index (χ4v) is 4.18. The molecule has 1 aliphatic heterocycles. The first-order valence-corrected chi connectivity index (χ1v) is 10.4. The summed E-state index contributed by atoms with van der Waals surface area (Å²) in [5.74, 6) is -0.667. The lowest BCUT2D eigenvalue weighted by Crippen LogP contribution is -2.35. The average Bonchev–Trinajstić information content (AvgIpc) is 3.06. The molecule has 0 spiro atoms. The topological polar surface area (TPSA) is 58.8 Å². The monoisotopic (exact) mass is 398 g/mol. The molecule has 1 aromatic carbocycles. The molecule has 29 heavy (non-hydrogen) atoms. The number of likely N-dealkylation sites (tertiary alicyclic amines) is 1. The second kappa shape index (κ2) is 8.78. The van der Waals surface area contributed by atoms with Crippen LogP contribution in [0.1, 0.15) is 32.1 Å². The summed E-state index contributed by atoms with van der Waals surface area (Å²) < 4.78 is 16.9. The minimum absolute atomic E-state index is 0.121. The number of benzene rings is 1. The molecular weight excluding hydrogens is 371 g/mol. The number of carbonyl (C=O) groups is 1. The lowest BCUT2D eigenvalue weighted by atomic mass is 10.2. The van der Waals surface area contributed by atoms with E-state index >= 15 is 0 Å². The minimum Gasteiger partial charge on any atom is -0.355 e. The maximum absolute atomic E-state index is 13.8. The summed E-state index contributed by atoms with van der Waals surface area (Å²) >= 11 is 0. The van der Waals surface area contributed by atoms with E-state index in [0.717, 1.165) is 26.1 Å². The zero-order valence-electron chi connectivity index (χ0n) is 16.6. The third kappa shape index (κ3) is 4.34. The van der Waals surface area contributed by atoms with E-state index in [2.05, 4.69) is 10.2 Å². The van der Waals surface area contributed by atoms with Crippen molar-refractivity contribution in [3.63, 3.8) is 0 Å². The van der Waals surface area contributed by atoms with Crippen LogP contribution in [-0.2, 0) is 11.3 Å². The summed E-state index contributed by atoms with van der Waals surface area (Å²) in [6.45, 7) is 3.70. The summed E-state index contributed by atoms with van der Waals surface area (Å²) in [5.41, 5.74) is 1.28. The van der Waals surface area contributed by atoms with Crippen molar-refractivity contribution in [3.05, 3.63) is 52.7 Å². The Morgan fingerprint density at radius 3 is 2.62 bits per heavy atom. The largest absolute Gasteiger partial charge is 0.355 e. The maximum atomic E-state index is 13.8. The van der Waals surface area contributed by atoms with Crippen molar-refractivity contribution in [2.75, 3.05) is 26.2 Å². The van der Waals surface area contributed by atoms with Crippen LogP contribution in [0.2, 0.25) is 0 Å². The lowest BCUT2D eigenvalue weighted by molar-refractivity contribution is -0.121. The first kappa shape index (κ1) is 19.6. The molecule has 1 N–H and O–H groups in total. The molecule has 7 heteroatoms. The number of hydrogen-bond donors (Lipinski definition) is 1. The summed E-state index contributed by atoms with van der Waals surface area (Å²) in [6, 6.07) is 7.78. The van der Waals surface area contributed by atoms with Crippen molar-refractivity contribution in [1.82, 2.24) is 19.2 Å². The Bertz CT molecular complexity index is 1060. The SMILES string of the molecule is O=C(Cn1c(=O)c2cccn2c2ccc(F)cc21)NCCCN1CCCCCC1. The van der Waals surface area contributed by atoms with E-state index in [-0.39, 0.29) is 18.0 Å². The Morgan fingerprint density at radius 2 is 1.83 bits per heavy atom. The number of hydrogen-bond acceptors (Lipinski definition) is 3. The van der Waals surface area contributed by atoms with Crippen molar-refractivity contribution >= 4 is 22.5 Å². The third-order valence-electron chi connectivity index (χ3n) is 5.67. The number of aromatic nitrogens is 2. The Balaban J connectivity index is 1.44. The standard InChI is InChI=1S/C22H27FN4O2/c23-17-8-9-18-20(15-17)27(22(29)19-7-5-14-26(18)19)16-21(28)24-10-6-13-25-11-3-1-2-4-12-25/h5,7-9,14-15H,1-4,6,10-13,16H2,(H,24,28). The highest BCUT2D eigenvalue weighted by Gasteiger charge is 2.14. The molecule has 0 radical (unpaired) electrons. The normalized spacial score (nSPS) is 15.6.